The van der Waals surface area contributed by atoms with E-state index in [9.17, 15) is 9.59 Å². The zero-order valence-electron chi connectivity index (χ0n) is 12.6. The molecule has 0 unspecified atom stereocenters. The largest absolute Gasteiger partial charge is 0.351 e. The van der Waals surface area contributed by atoms with Gasteiger partial charge in [0.25, 0.3) is 5.91 Å². The Balaban J connectivity index is 2.15. The third-order valence-corrected chi connectivity index (χ3v) is 3.20. The molecule has 0 fully saturated rings. The lowest BCUT2D eigenvalue weighted by Crippen LogP contribution is -2.19. The molecule has 4 N–H and O–H groups in total. The summed E-state index contributed by atoms with van der Waals surface area (Å²) < 4.78 is 0. The van der Waals surface area contributed by atoms with Gasteiger partial charge in [-0.1, -0.05) is 32.0 Å². The van der Waals surface area contributed by atoms with E-state index in [0.29, 0.717) is 17.2 Å². The van der Waals surface area contributed by atoms with Crippen LogP contribution in [0.15, 0.2) is 48.5 Å². The van der Waals surface area contributed by atoms with Crippen molar-refractivity contribution in [3.63, 3.8) is 0 Å². The highest BCUT2D eigenvalue weighted by Gasteiger charge is 2.08. The smallest absolute Gasteiger partial charge is 0.316 e. The summed E-state index contributed by atoms with van der Waals surface area (Å²) in [6, 6.07) is 13.7. The second kappa shape index (κ2) is 6.76. The average Bonchev–Trinajstić information content (AvgIpc) is 2.47. The van der Waals surface area contributed by atoms with Crippen LogP contribution in [0, 0.1) is 0 Å². The summed E-state index contributed by atoms with van der Waals surface area (Å²) in [5.41, 5.74) is 7.89. The minimum Gasteiger partial charge on any atom is -0.351 e. The summed E-state index contributed by atoms with van der Waals surface area (Å²) >= 11 is 0. The van der Waals surface area contributed by atoms with E-state index in [1.807, 2.05) is 24.3 Å². The number of nitrogens with one attached hydrogen (secondary N) is 2. The van der Waals surface area contributed by atoms with Gasteiger partial charge in [0.15, 0.2) is 0 Å². The Morgan fingerprint density at radius 3 is 2.23 bits per heavy atom. The predicted molar refractivity (Wildman–Crippen MR) is 88.1 cm³/mol. The minimum absolute atomic E-state index is 0.242. The highest BCUT2D eigenvalue weighted by atomic mass is 16.2. The van der Waals surface area contributed by atoms with Crippen LogP contribution in [0.1, 0.15) is 35.7 Å². The summed E-state index contributed by atoms with van der Waals surface area (Å²) in [6.07, 6.45) is 0. The van der Waals surface area contributed by atoms with Gasteiger partial charge in [0.1, 0.15) is 0 Å². The van der Waals surface area contributed by atoms with Crippen LogP contribution in [0.3, 0.4) is 0 Å². The van der Waals surface area contributed by atoms with Gasteiger partial charge in [-0.05, 0) is 41.8 Å². The number of benzene rings is 2. The molecule has 2 aromatic carbocycles. The number of urea groups is 1. The maximum atomic E-state index is 12.3. The normalized spacial score (nSPS) is 10.3. The van der Waals surface area contributed by atoms with E-state index in [0.717, 1.165) is 11.3 Å². The van der Waals surface area contributed by atoms with Crippen molar-refractivity contribution in [2.24, 2.45) is 5.73 Å². The van der Waals surface area contributed by atoms with Crippen LogP contribution >= 0.6 is 0 Å². The zero-order chi connectivity index (χ0) is 16.1. The maximum Gasteiger partial charge on any atom is 0.316 e. The molecule has 0 atom stereocenters. The van der Waals surface area contributed by atoms with E-state index in [4.69, 9.17) is 5.73 Å². The van der Waals surface area contributed by atoms with Crippen LogP contribution in [-0.4, -0.2) is 11.9 Å². The van der Waals surface area contributed by atoms with Crippen LogP contribution in [0.2, 0.25) is 0 Å². The molecular formula is C17H19N3O2. The summed E-state index contributed by atoms with van der Waals surface area (Å²) in [6.45, 7) is 4.19. The minimum atomic E-state index is -0.665. The van der Waals surface area contributed by atoms with Gasteiger partial charge in [0.05, 0.1) is 0 Å². The zero-order valence-corrected chi connectivity index (χ0v) is 12.6. The molecule has 0 bridgehead atoms. The van der Waals surface area contributed by atoms with Gasteiger partial charge in [-0.2, -0.15) is 0 Å². The first-order chi connectivity index (χ1) is 10.5. The molecule has 0 aromatic heterocycles. The van der Waals surface area contributed by atoms with E-state index in [2.05, 4.69) is 24.5 Å². The highest BCUT2D eigenvalue weighted by molar-refractivity contribution is 6.05. The summed E-state index contributed by atoms with van der Waals surface area (Å²) in [5.74, 6) is 0.147. The molecule has 0 aliphatic carbocycles. The average molecular weight is 297 g/mol. The Kier molecular flexibility index (Phi) is 4.78. The second-order valence-corrected chi connectivity index (χ2v) is 5.30. The topological polar surface area (TPSA) is 84.2 Å². The molecule has 2 aromatic rings. The van der Waals surface area contributed by atoms with Gasteiger partial charge >= 0.3 is 6.03 Å². The molecule has 5 heteroatoms. The van der Waals surface area contributed by atoms with Crippen LogP contribution in [0.4, 0.5) is 16.2 Å². The first kappa shape index (κ1) is 15.6. The molecule has 0 saturated carbocycles. The summed E-state index contributed by atoms with van der Waals surface area (Å²) in [4.78, 5) is 23.1. The Morgan fingerprint density at radius 2 is 1.59 bits per heavy atom. The molecule has 0 spiro atoms. The lowest BCUT2D eigenvalue weighted by atomic mass is 10.0. The lowest BCUT2D eigenvalue weighted by molar-refractivity contribution is 0.102. The number of hydrogen-bond acceptors (Lipinski definition) is 2. The summed E-state index contributed by atoms with van der Waals surface area (Å²) in [7, 11) is 0. The molecule has 0 radical (unpaired) electrons. The van der Waals surface area contributed by atoms with Gasteiger partial charge < -0.3 is 16.4 Å². The summed E-state index contributed by atoms with van der Waals surface area (Å²) in [5, 5.41) is 5.30. The molecule has 0 aliphatic heterocycles. The van der Waals surface area contributed by atoms with Crippen molar-refractivity contribution >= 4 is 23.3 Å². The van der Waals surface area contributed by atoms with Crippen molar-refractivity contribution < 1.29 is 9.59 Å². The monoisotopic (exact) mass is 297 g/mol. The predicted octanol–water partition coefficient (Wildman–Crippen LogP) is 3.55. The number of nitrogens with two attached hydrogens (primary N) is 1. The first-order valence-electron chi connectivity index (χ1n) is 7.03. The van der Waals surface area contributed by atoms with Gasteiger partial charge in [-0.25, -0.2) is 4.79 Å². The number of rotatable bonds is 4. The van der Waals surface area contributed by atoms with Crippen LogP contribution in [0.25, 0.3) is 0 Å². The van der Waals surface area contributed by atoms with Gasteiger partial charge in [0, 0.05) is 16.9 Å². The van der Waals surface area contributed by atoms with Crippen molar-refractivity contribution in [2.75, 3.05) is 10.6 Å². The Morgan fingerprint density at radius 1 is 0.955 bits per heavy atom. The molecule has 0 aliphatic rings. The molecule has 114 valence electrons. The molecule has 22 heavy (non-hydrogen) atoms. The fraction of sp³-hybridized carbons (Fsp3) is 0.176. The number of anilines is 2. The van der Waals surface area contributed by atoms with E-state index in [1.54, 1.807) is 24.3 Å². The van der Waals surface area contributed by atoms with Crippen LogP contribution in [0.5, 0.6) is 0 Å². The van der Waals surface area contributed by atoms with Crippen LogP contribution < -0.4 is 16.4 Å². The molecule has 3 amide bonds. The first-order valence-corrected chi connectivity index (χ1v) is 7.03. The number of primary amides is 1. The number of carbonyl (C=O) groups is 2. The van der Waals surface area contributed by atoms with E-state index in [1.165, 1.54) is 0 Å². The van der Waals surface area contributed by atoms with E-state index in [-0.39, 0.29) is 5.91 Å². The molecule has 0 saturated heterocycles. The SMILES string of the molecule is CC(C)c1cccc(NC(=O)c2cccc(NC(N)=O)c2)c1. The van der Waals surface area contributed by atoms with Crippen LogP contribution in [-0.2, 0) is 0 Å². The Labute approximate surface area is 129 Å². The molecular weight excluding hydrogens is 278 g/mol. The van der Waals surface area contributed by atoms with Crippen molar-refractivity contribution in [3.8, 4) is 0 Å². The molecule has 0 heterocycles. The number of amides is 3. The van der Waals surface area contributed by atoms with E-state index < -0.39 is 6.03 Å². The van der Waals surface area contributed by atoms with E-state index >= 15 is 0 Å². The fourth-order valence-corrected chi connectivity index (χ4v) is 2.06. The quantitative estimate of drug-likeness (QED) is 0.806. The number of hydrogen-bond donors (Lipinski definition) is 3. The van der Waals surface area contributed by atoms with Crippen molar-refractivity contribution in [2.45, 2.75) is 19.8 Å². The number of carbonyl (C=O) groups excluding carboxylic acids is 2. The van der Waals surface area contributed by atoms with Gasteiger partial charge in [-0.3, -0.25) is 4.79 Å². The maximum absolute atomic E-state index is 12.3. The van der Waals surface area contributed by atoms with Gasteiger partial charge in [-0.15, -0.1) is 0 Å². The standard InChI is InChI=1S/C17H19N3O2/c1-11(2)12-5-3-7-14(9-12)19-16(21)13-6-4-8-15(10-13)20-17(18)22/h3-11H,1-2H3,(H,19,21)(H3,18,20,22). The van der Waals surface area contributed by atoms with Crippen molar-refractivity contribution in [1.29, 1.82) is 0 Å². The highest BCUT2D eigenvalue weighted by Crippen LogP contribution is 2.19. The second-order valence-electron chi connectivity index (χ2n) is 5.30. The third kappa shape index (κ3) is 4.09. The van der Waals surface area contributed by atoms with Gasteiger partial charge in [0.2, 0.25) is 0 Å². The molecule has 2 rings (SSSR count). The van der Waals surface area contributed by atoms with Crippen molar-refractivity contribution in [3.05, 3.63) is 59.7 Å². The third-order valence-electron chi connectivity index (χ3n) is 3.20. The Bertz CT molecular complexity index is 696. The Hall–Kier alpha value is -2.82. The lowest BCUT2D eigenvalue weighted by Gasteiger charge is -2.10. The van der Waals surface area contributed by atoms with Crippen molar-refractivity contribution in [1.82, 2.24) is 0 Å². The molecule has 5 nitrogen and oxygen atoms in total. The fourth-order valence-electron chi connectivity index (χ4n) is 2.06.